The van der Waals surface area contributed by atoms with Gasteiger partial charge in [-0.1, -0.05) is 6.07 Å². The van der Waals surface area contributed by atoms with Gasteiger partial charge in [0, 0.05) is 68.4 Å². The third-order valence-electron chi connectivity index (χ3n) is 8.62. The van der Waals surface area contributed by atoms with Crippen molar-refractivity contribution >= 4 is 28.7 Å². The number of aromatic nitrogens is 2. The van der Waals surface area contributed by atoms with Gasteiger partial charge in [-0.15, -0.1) is 0 Å². The van der Waals surface area contributed by atoms with Crippen LogP contribution < -0.4 is 5.32 Å². The summed E-state index contributed by atoms with van der Waals surface area (Å²) in [7, 11) is 3.73. The number of furan rings is 1. The van der Waals surface area contributed by atoms with Crippen molar-refractivity contribution in [2.24, 2.45) is 7.05 Å². The molecule has 39 heavy (non-hydrogen) atoms. The summed E-state index contributed by atoms with van der Waals surface area (Å²) < 4.78 is 7.70. The fourth-order valence-corrected chi connectivity index (χ4v) is 6.19. The lowest BCUT2D eigenvalue weighted by Crippen LogP contribution is -2.41. The number of nitrogens with zero attached hydrogens (tertiary/aromatic N) is 4. The zero-order valence-electron chi connectivity index (χ0n) is 23.7. The number of benzene rings is 1. The number of fused-ring (bicyclic) bond motifs is 2. The molecule has 3 aromatic rings. The van der Waals surface area contributed by atoms with Crippen molar-refractivity contribution < 1.29 is 18.8 Å². The Labute approximate surface area is 229 Å². The van der Waals surface area contributed by atoms with Crippen molar-refractivity contribution in [1.29, 1.82) is 0 Å². The summed E-state index contributed by atoms with van der Waals surface area (Å²) in [5.74, 6) is -0.123. The normalized spacial score (nSPS) is 19.2. The van der Waals surface area contributed by atoms with Crippen molar-refractivity contribution in [3.63, 3.8) is 0 Å². The number of aryl methyl sites for hydroxylation is 4. The molecule has 0 fully saturated rings. The average Bonchev–Trinajstić information content (AvgIpc) is 3.48. The highest BCUT2D eigenvalue weighted by atomic mass is 16.3. The molecule has 1 aliphatic carbocycles. The molecule has 3 amide bonds. The van der Waals surface area contributed by atoms with Crippen LogP contribution in [0.4, 0.5) is 0 Å². The Morgan fingerprint density at radius 2 is 1.87 bits per heavy atom. The van der Waals surface area contributed by atoms with Crippen molar-refractivity contribution in [2.75, 3.05) is 26.7 Å². The van der Waals surface area contributed by atoms with E-state index >= 15 is 0 Å². The molecule has 2 aliphatic rings. The molecule has 1 N–H and O–H groups in total. The molecule has 0 saturated heterocycles. The molecule has 1 aliphatic heterocycles. The Kier molecular flexibility index (Phi) is 7.51. The number of likely N-dealkylation sites (N-methyl/N-ethyl adjacent to an activating group) is 1. The van der Waals surface area contributed by atoms with Gasteiger partial charge in [0.1, 0.15) is 5.58 Å². The van der Waals surface area contributed by atoms with Crippen LogP contribution in [0.5, 0.6) is 0 Å². The number of nitrogens with one attached hydrogen (secondary N) is 1. The molecule has 9 heteroatoms. The van der Waals surface area contributed by atoms with Gasteiger partial charge in [0.15, 0.2) is 5.69 Å². The van der Waals surface area contributed by atoms with E-state index in [4.69, 9.17) is 4.42 Å². The Balaban J connectivity index is 1.34. The van der Waals surface area contributed by atoms with Crippen LogP contribution >= 0.6 is 0 Å². The predicted molar refractivity (Wildman–Crippen MR) is 149 cm³/mol. The second-order valence-electron chi connectivity index (χ2n) is 11.2. The van der Waals surface area contributed by atoms with Crippen LogP contribution in [0.15, 0.2) is 16.7 Å². The Bertz CT molecular complexity index is 1430. The summed E-state index contributed by atoms with van der Waals surface area (Å²) >= 11 is 0. The zero-order chi connectivity index (χ0) is 27.8. The maximum absolute atomic E-state index is 13.5. The van der Waals surface area contributed by atoms with E-state index in [0.717, 1.165) is 51.8 Å². The SMILES string of the molecule is Cc1cc(C)c2c(CC(=O)N3CCCNC(=O)c4nn(C)c5c4CC(CC5)N(C)C(=O)CCC3)coc2c1C. The number of carbonyl (C=O) groups excluding carboxylic acids is 3. The Morgan fingerprint density at radius 1 is 1.10 bits per heavy atom. The third kappa shape index (κ3) is 5.18. The van der Waals surface area contributed by atoms with E-state index < -0.39 is 0 Å². The molecule has 0 spiro atoms. The van der Waals surface area contributed by atoms with E-state index in [-0.39, 0.29) is 30.2 Å². The molecule has 0 radical (unpaired) electrons. The smallest absolute Gasteiger partial charge is 0.272 e. The first-order valence-electron chi connectivity index (χ1n) is 14.0. The van der Waals surface area contributed by atoms with Crippen molar-refractivity contribution in [3.05, 3.63) is 51.5 Å². The van der Waals surface area contributed by atoms with E-state index in [2.05, 4.69) is 23.4 Å². The second-order valence-corrected chi connectivity index (χ2v) is 11.2. The molecular weight excluding hydrogens is 494 g/mol. The van der Waals surface area contributed by atoms with Crippen LogP contribution in [-0.2, 0) is 35.9 Å². The van der Waals surface area contributed by atoms with Crippen molar-refractivity contribution in [2.45, 2.75) is 71.8 Å². The van der Waals surface area contributed by atoms with Crippen LogP contribution in [0.3, 0.4) is 0 Å². The number of amides is 3. The first kappa shape index (κ1) is 27.0. The fourth-order valence-electron chi connectivity index (χ4n) is 6.19. The Hall–Kier alpha value is -3.62. The highest BCUT2D eigenvalue weighted by molar-refractivity contribution is 5.94. The molecule has 1 aromatic carbocycles. The molecule has 2 bridgehead atoms. The summed E-state index contributed by atoms with van der Waals surface area (Å²) in [6, 6.07) is 2.17. The molecule has 208 valence electrons. The molecule has 1 unspecified atom stereocenters. The van der Waals surface area contributed by atoms with E-state index in [1.165, 1.54) is 5.56 Å². The Morgan fingerprint density at radius 3 is 2.67 bits per heavy atom. The van der Waals surface area contributed by atoms with Gasteiger partial charge < -0.3 is 19.5 Å². The maximum Gasteiger partial charge on any atom is 0.272 e. The molecule has 0 saturated carbocycles. The quantitative estimate of drug-likeness (QED) is 0.544. The summed E-state index contributed by atoms with van der Waals surface area (Å²) in [5.41, 5.74) is 7.56. The summed E-state index contributed by atoms with van der Waals surface area (Å²) in [5, 5.41) is 8.54. The number of carbonyl (C=O) groups is 3. The predicted octanol–water partition coefficient (Wildman–Crippen LogP) is 3.39. The lowest BCUT2D eigenvalue weighted by atomic mass is 9.90. The number of hydrogen-bond acceptors (Lipinski definition) is 5. The lowest BCUT2D eigenvalue weighted by Gasteiger charge is -2.32. The molecular formula is C30H39N5O4. The second kappa shape index (κ2) is 10.9. The first-order valence-corrected chi connectivity index (χ1v) is 14.0. The molecule has 2 aromatic heterocycles. The average molecular weight is 534 g/mol. The van der Waals surface area contributed by atoms with E-state index in [9.17, 15) is 14.4 Å². The van der Waals surface area contributed by atoms with Gasteiger partial charge in [0.25, 0.3) is 5.91 Å². The van der Waals surface area contributed by atoms with Gasteiger partial charge in [0.05, 0.1) is 12.7 Å². The number of hydrogen-bond donors (Lipinski definition) is 1. The van der Waals surface area contributed by atoms with E-state index in [0.29, 0.717) is 51.0 Å². The van der Waals surface area contributed by atoms with Crippen molar-refractivity contribution in [1.82, 2.24) is 24.9 Å². The first-order chi connectivity index (χ1) is 18.7. The van der Waals surface area contributed by atoms with Crippen LogP contribution in [0.1, 0.15) is 69.7 Å². The van der Waals surface area contributed by atoms with Crippen LogP contribution in [0.2, 0.25) is 0 Å². The standard InChI is InChI=1S/C30H39N5O4/c1-18-14-19(2)27-21(17-39-29(27)20(18)3)15-26(37)35-12-6-8-25(36)33(4)22-9-10-24-23(16-22)28(32-34(24)5)30(38)31-11-7-13-35/h14,17,22H,6-13,15-16H2,1-5H3,(H,31,38). The minimum absolute atomic E-state index is 0.000721. The monoisotopic (exact) mass is 533 g/mol. The van der Waals surface area contributed by atoms with Crippen LogP contribution in [-0.4, -0.2) is 70.0 Å². The highest BCUT2D eigenvalue weighted by Crippen LogP contribution is 2.31. The number of rotatable bonds is 2. The van der Waals surface area contributed by atoms with E-state index in [1.807, 2.05) is 37.7 Å². The topological polar surface area (TPSA) is 101 Å². The lowest BCUT2D eigenvalue weighted by molar-refractivity contribution is -0.134. The van der Waals surface area contributed by atoms with Gasteiger partial charge in [-0.05, 0) is 69.6 Å². The largest absolute Gasteiger partial charge is 0.464 e. The molecule has 5 rings (SSSR count). The highest BCUT2D eigenvalue weighted by Gasteiger charge is 2.32. The maximum atomic E-state index is 13.5. The molecule has 1 atom stereocenters. The molecule has 9 nitrogen and oxygen atoms in total. The van der Waals surface area contributed by atoms with Crippen LogP contribution in [0.25, 0.3) is 11.0 Å². The van der Waals surface area contributed by atoms with Gasteiger partial charge >= 0.3 is 0 Å². The fraction of sp³-hybridized carbons (Fsp3) is 0.533. The van der Waals surface area contributed by atoms with Gasteiger partial charge in [0.2, 0.25) is 11.8 Å². The van der Waals surface area contributed by atoms with Crippen molar-refractivity contribution in [3.8, 4) is 0 Å². The van der Waals surface area contributed by atoms with Gasteiger partial charge in [-0.25, -0.2) is 0 Å². The summed E-state index contributed by atoms with van der Waals surface area (Å²) in [4.78, 5) is 43.4. The van der Waals surface area contributed by atoms with Gasteiger partial charge in [-0.2, -0.15) is 5.10 Å². The summed E-state index contributed by atoms with van der Waals surface area (Å²) in [6.45, 7) is 7.60. The third-order valence-corrected chi connectivity index (χ3v) is 8.62. The summed E-state index contributed by atoms with van der Waals surface area (Å²) in [6.07, 6.45) is 5.80. The van der Waals surface area contributed by atoms with Gasteiger partial charge in [-0.3, -0.25) is 19.1 Å². The minimum atomic E-state index is -0.194. The van der Waals surface area contributed by atoms with E-state index in [1.54, 1.807) is 10.9 Å². The molecule has 3 heterocycles. The zero-order valence-corrected chi connectivity index (χ0v) is 23.7. The van der Waals surface area contributed by atoms with Crippen LogP contribution in [0, 0.1) is 20.8 Å². The minimum Gasteiger partial charge on any atom is -0.464 e.